The molecule has 1 aliphatic rings. The summed E-state index contributed by atoms with van der Waals surface area (Å²) >= 11 is 0. The van der Waals surface area contributed by atoms with Crippen LogP contribution in [0.4, 0.5) is 5.69 Å². The molecule has 2 unspecified atom stereocenters. The first-order valence-electron chi connectivity index (χ1n) is 7.94. The lowest BCUT2D eigenvalue weighted by Gasteiger charge is -2.39. The molecule has 120 valence electrons. The van der Waals surface area contributed by atoms with Crippen molar-refractivity contribution < 1.29 is 9.53 Å². The zero-order chi connectivity index (χ0) is 16.2. The zero-order valence-electron chi connectivity index (χ0n) is 13.3. The van der Waals surface area contributed by atoms with Gasteiger partial charge in [-0.1, -0.05) is 42.5 Å². The minimum Gasteiger partial charge on any atom is -0.399 e. The minimum atomic E-state index is -0.0197. The van der Waals surface area contributed by atoms with E-state index in [4.69, 9.17) is 10.5 Å². The molecule has 2 N–H and O–H groups in total. The molecule has 1 saturated heterocycles. The van der Waals surface area contributed by atoms with Gasteiger partial charge in [0.05, 0.1) is 25.2 Å². The summed E-state index contributed by atoms with van der Waals surface area (Å²) in [6.07, 6.45) is 0.446. The fourth-order valence-corrected chi connectivity index (χ4v) is 2.94. The normalized spacial score (nSPS) is 21.2. The Labute approximate surface area is 136 Å². The first-order chi connectivity index (χ1) is 11.1. The predicted molar refractivity (Wildman–Crippen MR) is 90.9 cm³/mol. The summed E-state index contributed by atoms with van der Waals surface area (Å²) in [6.45, 7) is 3.16. The van der Waals surface area contributed by atoms with Gasteiger partial charge in [-0.15, -0.1) is 0 Å². The number of carbonyl (C=O) groups excluding carboxylic acids is 1. The van der Waals surface area contributed by atoms with E-state index >= 15 is 0 Å². The molecular formula is C19H22N2O2. The molecule has 0 spiro atoms. The van der Waals surface area contributed by atoms with Crippen LogP contribution in [-0.4, -0.2) is 30.1 Å². The molecule has 0 bridgehead atoms. The van der Waals surface area contributed by atoms with Crippen molar-refractivity contribution in [2.75, 3.05) is 18.9 Å². The lowest BCUT2D eigenvalue weighted by molar-refractivity contribution is -0.143. The van der Waals surface area contributed by atoms with Gasteiger partial charge in [0, 0.05) is 12.2 Å². The number of amides is 1. The summed E-state index contributed by atoms with van der Waals surface area (Å²) in [4.78, 5) is 14.8. The van der Waals surface area contributed by atoms with Crippen LogP contribution in [0, 0.1) is 0 Å². The molecule has 2 aromatic carbocycles. The molecule has 0 saturated carbocycles. The van der Waals surface area contributed by atoms with Crippen LogP contribution in [-0.2, 0) is 16.0 Å². The molecule has 23 heavy (non-hydrogen) atoms. The first kappa shape index (κ1) is 15.6. The van der Waals surface area contributed by atoms with E-state index in [1.807, 2.05) is 66.4 Å². The van der Waals surface area contributed by atoms with Crippen molar-refractivity contribution in [1.82, 2.24) is 4.90 Å². The van der Waals surface area contributed by atoms with Gasteiger partial charge in [-0.2, -0.15) is 0 Å². The number of benzene rings is 2. The number of hydrogen-bond acceptors (Lipinski definition) is 3. The van der Waals surface area contributed by atoms with Gasteiger partial charge in [0.1, 0.15) is 0 Å². The summed E-state index contributed by atoms with van der Waals surface area (Å²) < 4.78 is 5.78. The maximum atomic E-state index is 12.8. The SMILES string of the molecule is CC1CN(C(=O)Cc2ccc(N)cc2)C(c2ccccc2)CO1. The monoisotopic (exact) mass is 310 g/mol. The third-order valence-electron chi connectivity index (χ3n) is 4.21. The quantitative estimate of drug-likeness (QED) is 0.887. The second-order valence-electron chi connectivity index (χ2n) is 6.03. The van der Waals surface area contributed by atoms with Crippen molar-refractivity contribution >= 4 is 11.6 Å². The summed E-state index contributed by atoms with van der Waals surface area (Å²) in [5.41, 5.74) is 8.51. The van der Waals surface area contributed by atoms with Crippen molar-refractivity contribution in [2.45, 2.75) is 25.5 Å². The van der Waals surface area contributed by atoms with E-state index in [0.717, 1.165) is 11.1 Å². The van der Waals surface area contributed by atoms with Crippen LogP contribution in [0.15, 0.2) is 54.6 Å². The topological polar surface area (TPSA) is 55.6 Å². The lowest BCUT2D eigenvalue weighted by Crippen LogP contribution is -2.47. The number of ether oxygens (including phenoxy) is 1. The molecule has 0 radical (unpaired) electrons. The van der Waals surface area contributed by atoms with Gasteiger partial charge in [-0.3, -0.25) is 4.79 Å². The Hall–Kier alpha value is -2.33. The molecule has 1 heterocycles. The van der Waals surface area contributed by atoms with Crippen LogP contribution in [0.2, 0.25) is 0 Å². The van der Waals surface area contributed by atoms with Gasteiger partial charge < -0.3 is 15.4 Å². The number of nitrogens with zero attached hydrogens (tertiary/aromatic N) is 1. The van der Waals surface area contributed by atoms with Gasteiger partial charge in [-0.25, -0.2) is 0 Å². The number of hydrogen-bond donors (Lipinski definition) is 1. The van der Waals surface area contributed by atoms with E-state index in [-0.39, 0.29) is 18.1 Å². The smallest absolute Gasteiger partial charge is 0.227 e. The van der Waals surface area contributed by atoms with E-state index < -0.39 is 0 Å². The van der Waals surface area contributed by atoms with Gasteiger partial charge in [0.25, 0.3) is 0 Å². The highest BCUT2D eigenvalue weighted by atomic mass is 16.5. The molecule has 2 aromatic rings. The third-order valence-corrected chi connectivity index (χ3v) is 4.21. The van der Waals surface area contributed by atoms with Crippen LogP contribution >= 0.6 is 0 Å². The number of morpholine rings is 1. The van der Waals surface area contributed by atoms with Gasteiger partial charge in [-0.05, 0) is 30.2 Å². The summed E-state index contributed by atoms with van der Waals surface area (Å²) in [6, 6.07) is 17.5. The fourth-order valence-electron chi connectivity index (χ4n) is 2.94. The average Bonchev–Trinajstić information content (AvgIpc) is 2.57. The number of anilines is 1. The molecule has 4 nitrogen and oxygen atoms in total. The van der Waals surface area contributed by atoms with Crippen molar-refractivity contribution in [2.24, 2.45) is 0 Å². The van der Waals surface area contributed by atoms with Crippen molar-refractivity contribution in [3.05, 3.63) is 65.7 Å². The van der Waals surface area contributed by atoms with E-state index in [9.17, 15) is 4.79 Å². The molecule has 0 aromatic heterocycles. The molecule has 1 aliphatic heterocycles. The highest BCUT2D eigenvalue weighted by molar-refractivity contribution is 5.79. The molecular weight excluding hydrogens is 288 g/mol. The fraction of sp³-hybridized carbons (Fsp3) is 0.316. The maximum absolute atomic E-state index is 12.8. The maximum Gasteiger partial charge on any atom is 0.227 e. The van der Waals surface area contributed by atoms with Gasteiger partial charge in [0.15, 0.2) is 0 Å². The molecule has 2 atom stereocenters. The summed E-state index contributed by atoms with van der Waals surface area (Å²) in [7, 11) is 0. The number of carbonyl (C=O) groups is 1. The van der Waals surface area contributed by atoms with Crippen LogP contribution in [0.1, 0.15) is 24.1 Å². The van der Waals surface area contributed by atoms with E-state index in [2.05, 4.69) is 0 Å². The Morgan fingerprint density at radius 2 is 1.87 bits per heavy atom. The largest absolute Gasteiger partial charge is 0.399 e. The number of nitrogen functional groups attached to an aromatic ring is 1. The third kappa shape index (κ3) is 3.71. The lowest BCUT2D eigenvalue weighted by atomic mass is 10.0. The highest BCUT2D eigenvalue weighted by Crippen LogP contribution is 2.27. The minimum absolute atomic E-state index is 0.0197. The molecule has 4 heteroatoms. The molecule has 0 aliphatic carbocycles. The van der Waals surface area contributed by atoms with Crippen LogP contribution in [0.3, 0.4) is 0 Å². The standard InChI is InChI=1S/C19H22N2O2/c1-14-12-21(18(13-23-14)16-5-3-2-4-6-16)19(22)11-15-7-9-17(20)10-8-15/h2-10,14,18H,11-13,20H2,1H3. The van der Waals surface area contributed by atoms with Gasteiger partial charge >= 0.3 is 0 Å². The van der Waals surface area contributed by atoms with E-state index in [1.54, 1.807) is 0 Å². The van der Waals surface area contributed by atoms with E-state index in [0.29, 0.717) is 25.3 Å². The molecule has 3 rings (SSSR count). The van der Waals surface area contributed by atoms with Crippen molar-refractivity contribution in [3.8, 4) is 0 Å². The predicted octanol–water partition coefficient (Wildman–Crippen LogP) is 2.80. The van der Waals surface area contributed by atoms with Crippen molar-refractivity contribution in [3.63, 3.8) is 0 Å². The van der Waals surface area contributed by atoms with E-state index in [1.165, 1.54) is 0 Å². The number of nitrogens with two attached hydrogens (primary N) is 1. The van der Waals surface area contributed by atoms with Crippen LogP contribution in [0.5, 0.6) is 0 Å². The van der Waals surface area contributed by atoms with Crippen molar-refractivity contribution in [1.29, 1.82) is 0 Å². The van der Waals surface area contributed by atoms with Crippen LogP contribution in [0.25, 0.3) is 0 Å². The second kappa shape index (κ2) is 6.84. The second-order valence-corrected chi connectivity index (χ2v) is 6.03. The Morgan fingerprint density at radius 1 is 1.17 bits per heavy atom. The summed E-state index contributed by atoms with van der Waals surface area (Å²) in [5, 5.41) is 0. The molecule has 1 amide bonds. The highest BCUT2D eigenvalue weighted by Gasteiger charge is 2.31. The van der Waals surface area contributed by atoms with Crippen LogP contribution < -0.4 is 5.73 Å². The first-order valence-corrected chi connectivity index (χ1v) is 7.94. The average molecular weight is 310 g/mol. The Kier molecular flexibility index (Phi) is 4.63. The Bertz CT molecular complexity index is 655. The van der Waals surface area contributed by atoms with Gasteiger partial charge in [0.2, 0.25) is 5.91 Å². The number of rotatable bonds is 3. The Morgan fingerprint density at radius 3 is 2.57 bits per heavy atom. The molecule has 1 fully saturated rings. The summed E-state index contributed by atoms with van der Waals surface area (Å²) in [5.74, 6) is 0.124. The zero-order valence-corrected chi connectivity index (χ0v) is 13.3. The Balaban J connectivity index is 1.78.